The number of nitrogens with zero attached hydrogens (tertiary/aromatic N) is 1. The van der Waals surface area contributed by atoms with Gasteiger partial charge >= 0.3 is 5.97 Å². The number of β-lactam (4-membered cyclic amide) rings is 1. The number of nitrogens with two attached hydrogens (primary N) is 1. The Labute approximate surface area is 105 Å². The maximum atomic E-state index is 12.3. The summed E-state index contributed by atoms with van der Waals surface area (Å²) in [5.41, 5.74) is 5.62. The van der Waals surface area contributed by atoms with E-state index < -0.39 is 49.8 Å². The van der Waals surface area contributed by atoms with Crippen molar-refractivity contribution in [2.45, 2.75) is 43.0 Å². The molecule has 0 radical (unpaired) electrons. The fraction of sp³-hybridized carbons (Fsp3) is 0.800. The number of sulfone groups is 1. The Morgan fingerprint density at radius 3 is 2.39 bits per heavy atom. The normalized spacial score (nSPS) is 37.9. The van der Waals surface area contributed by atoms with Crippen molar-refractivity contribution < 1.29 is 23.1 Å². The number of carbonyl (C=O) groups is 2. The van der Waals surface area contributed by atoms with Crippen molar-refractivity contribution >= 4 is 21.7 Å². The number of carbonyl (C=O) groups excluding carboxylic acids is 1. The SMILES string of the molecule is CC(N)[C@@H]1C(=O)N2[C@@H](C(=O)O)C(C)(C)S(=O)(=O)[C@H]12. The van der Waals surface area contributed by atoms with E-state index in [2.05, 4.69) is 0 Å². The second-order valence-corrected chi connectivity index (χ2v) is 8.04. The first kappa shape index (κ1) is 13.3. The van der Waals surface area contributed by atoms with Gasteiger partial charge in [0.25, 0.3) is 0 Å². The molecule has 0 aromatic heterocycles. The Kier molecular flexibility index (Phi) is 2.54. The molecule has 0 saturated carbocycles. The number of fused-ring (bicyclic) bond motifs is 1. The zero-order valence-electron chi connectivity index (χ0n) is 10.3. The summed E-state index contributed by atoms with van der Waals surface area (Å²) >= 11 is 0. The molecule has 0 bridgehead atoms. The average Bonchev–Trinajstić information content (AvgIpc) is 2.31. The van der Waals surface area contributed by atoms with Gasteiger partial charge in [-0.3, -0.25) is 4.79 Å². The number of carboxylic acids is 1. The Morgan fingerprint density at radius 1 is 1.50 bits per heavy atom. The van der Waals surface area contributed by atoms with Crippen LogP contribution in [0.2, 0.25) is 0 Å². The summed E-state index contributed by atoms with van der Waals surface area (Å²) in [4.78, 5) is 24.1. The lowest BCUT2D eigenvalue weighted by Gasteiger charge is -2.44. The van der Waals surface area contributed by atoms with Crippen LogP contribution in [-0.2, 0) is 19.4 Å². The van der Waals surface area contributed by atoms with Gasteiger partial charge in [-0.15, -0.1) is 0 Å². The van der Waals surface area contributed by atoms with Crippen LogP contribution in [0.4, 0.5) is 0 Å². The fourth-order valence-corrected chi connectivity index (χ4v) is 5.25. The minimum atomic E-state index is -3.74. The summed E-state index contributed by atoms with van der Waals surface area (Å²) in [7, 11) is -3.74. The summed E-state index contributed by atoms with van der Waals surface area (Å²) in [5, 5.41) is 8.06. The van der Waals surface area contributed by atoms with Crippen molar-refractivity contribution in [3.63, 3.8) is 0 Å². The lowest BCUT2D eigenvalue weighted by molar-refractivity contribution is -0.164. The third kappa shape index (κ3) is 1.24. The molecule has 2 saturated heterocycles. The highest BCUT2D eigenvalue weighted by atomic mass is 32.2. The molecule has 18 heavy (non-hydrogen) atoms. The van der Waals surface area contributed by atoms with Crippen LogP contribution >= 0.6 is 0 Å². The van der Waals surface area contributed by atoms with E-state index in [0.717, 1.165) is 4.90 Å². The minimum Gasteiger partial charge on any atom is -0.480 e. The lowest BCUT2D eigenvalue weighted by atomic mass is 9.87. The summed E-state index contributed by atoms with van der Waals surface area (Å²) in [6.45, 7) is 4.23. The molecule has 0 aliphatic carbocycles. The maximum Gasteiger partial charge on any atom is 0.328 e. The zero-order valence-corrected chi connectivity index (χ0v) is 11.1. The fourth-order valence-electron chi connectivity index (χ4n) is 2.83. The highest BCUT2D eigenvalue weighted by Gasteiger charge is 2.72. The predicted octanol–water partition coefficient (Wildman–Crippen LogP) is -1.22. The van der Waals surface area contributed by atoms with Crippen molar-refractivity contribution in [1.29, 1.82) is 0 Å². The summed E-state index contributed by atoms with van der Waals surface area (Å²) in [5.74, 6) is -2.63. The van der Waals surface area contributed by atoms with Crippen LogP contribution in [0.3, 0.4) is 0 Å². The highest BCUT2D eigenvalue weighted by Crippen LogP contribution is 2.49. The van der Waals surface area contributed by atoms with E-state index in [9.17, 15) is 18.0 Å². The van der Waals surface area contributed by atoms with Crippen LogP contribution < -0.4 is 5.73 Å². The summed E-state index contributed by atoms with van der Waals surface area (Å²) in [6, 6.07) is -1.95. The van der Waals surface area contributed by atoms with Gasteiger partial charge in [0.1, 0.15) is 11.4 Å². The Bertz CT molecular complexity index is 524. The molecule has 4 atom stereocenters. The Hall–Kier alpha value is -1.15. The van der Waals surface area contributed by atoms with Gasteiger partial charge in [-0.2, -0.15) is 0 Å². The van der Waals surface area contributed by atoms with Crippen LogP contribution in [0.25, 0.3) is 0 Å². The van der Waals surface area contributed by atoms with Crippen molar-refractivity contribution in [3.05, 3.63) is 0 Å². The Morgan fingerprint density at radius 2 is 2.00 bits per heavy atom. The monoisotopic (exact) mass is 276 g/mol. The van der Waals surface area contributed by atoms with Gasteiger partial charge in [0.05, 0.1) is 10.7 Å². The molecule has 2 heterocycles. The van der Waals surface area contributed by atoms with Crippen molar-refractivity contribution in [2.75, 3.05) is 0 Å². The van der Waals surface area contributed by atoms with Crippen LogP contribution in [-0.4, -0.2) is 52.5 Å². The number of rotatable bonds is 2. The van der Waals surface area contributed by atoms with E-state index in [1.165, 1.54) is 13.8 Å². The third-order valence-corrected chi connectivity index (χ3v) is 6.76. The van der Waals surface area contributed by atoms with E-state index in [0.29, 0.717) is 0 Å². The molecule has 2 aliphatic heterocycles. The Balaban J connectivity index is 2.56. The predicted molar refractivity (Wildman–Crippen MR) is 62.2 cm³/mol. The number of amides is 1. The molecular formula is C10H16N2O5S. The average molecular weight is 276 g/mol. The quantitative estimate of drug-likeness (QED) is 0.610. The second-order valence-electron chi connectivity index (χ2n) is 5.41. The summed E-state index contributed by atoms with van der Waals surface area (Å²) < 4.78 is 23.2. The van der Waals surface area contributed by atoms with Gasteiger partial charge < -0.3 is 15.7 Å². The van der Waals surface area contributed by atoms with Crippen molar-refractivity contribution in [2.24, 2.45) is 11.7 Å². The highest BCUT2D eigenvalue weighted by molar-refractivity contribution is 7.93. The number of aliphatic carboxylic acids is 1. The van der Waals surface area contributed by atoms with Crippen LogP contribution in [0.1, 0.15) is 20.8 Å². The molecule has 2 fully saturated rings. The molecule has 102 valence electrons. The van der Waals surface area contributed by atoms with Crippen molar-refractivity contribution in [1.82, 2.24) is 4.90 Å². The number of carboxylic acid groups (broad SMARTS) is 1. The molecule has 2 rings (SSSR count). The molecule has 8 heteroatoms. The largest absolute Gasteiger partial charge is 0.480 e. The van der Waals surface area contributed by atoms with Gasteiger partial charge in [0.15, 0.2) is 9.84 Å². The maximum absolute atomic E-state index is 12.3. The zero-order chi connectivity index (χ0) is 14.0. The lowest BCUT2D eigenvalue weighted by Crippen LogP contribution is -2.67. The van der Waals surface area contributed by atoms with Crippen LogP contribution in [0, 0.1) is 5.92 Å². The van der Waals surface area contributed by atoms with Gasteiger partial charge in [0.2, 0.25) is 5.91 Å². The van der Waals surface area contributed by atoms with E-state index in [4.69, 9.17) is 10.8 Å². The summed E-state index contributed by atoms with van der Waals surface area (Å²) in [6.07, 6.45) is 0. The van der Waals surface area contributed by atoms with Gasteiger partial charge in [0, 0.05) is 6.04 Å². The first-order valence-corrected chi connectivity index (χ1v) is 7.13. The first-order chi connectivity index (χ1) is 8.05. The molecular weight excluding hydrogens is 260 g/mol. The molecule has 3 N–H and O–H groups in total. The minimum absolute atomic E-state index is 0.489. The second kappa shape index (κ2) is 3.45. The molecule has 0 aromatic carbocycles. The van der Waals surface area contributed by atoms with E-state index in [1.807, 2.05) is 0 Å². The standard InChI is InChI=1S/C10H16N2O5S/c1-4(11)5-7(13)12-6(9(14)15)10(2,3)18(16,17)8(5)12/h4-6,8H,11H2,1-3H3,(H,14,15)/t4?,5-,6+,8-/m1/s1. The van der Waals surface area contributed by atoms with Crippen molar-refractivity contribution in [3.8, 4) is 0 Å². The smallest absolute Gasteiger partial charge is 0.328 e. The van der Waals surface area contributed by atoms with Gasteiger partial charge in [-0.25, -0.2) is 13.2 Å². The molecule has 1 unspecified atom stereocenters. The third-order valence-electron chi connectivity index (χ3n) is 3.91. The number of hydrogen-bond donors (Lipinski definition) is 2. The first-order valence-electron chi connectivity index (χ1n) is 5.59. The molecule has 0 spiro atoms. The van der Waals surface area contributed by atoms with E-state index in [-0.39, 0.29) is 0 Å². The van der Waals surface area contributed by atoms with E-state index >= 15 is 0 Å². The topological polar surface area (TPSA) is 118 Å². The van der Waals surface area contributed by atoms with Crippen LogP contribution in [0.15, 0.2) is 0 Å². The number of hydrogen-bond acceptors (Lipinski definition) is 5. The molecule has 1 amide bonds. The van der Waals surface area contributed by atoms with E-state index in [1.54, 1.807) is 6.92 Å². The molecule has 7 nitrogen and oxygen atoms in total. The van der Waals surface area contributed by atoms with Crippen LogP contribution in [0.5, 0.6) is 0 Å². The van der Waals surface area contributed by atoms with Gasteiger partial charge in [-0.05, 0) is 20.8 Å². The van der Waals surface area contributed by atoms with Gasteiger partial charge in [-0.1, -0.05) is 0 Å². The molecule has 0 aromatic rings. The molecule has 2 aliphatic rings.